The summed E-state index contributed by atoms with van der Waals surface area (Å²) in [4.78, 5) is -0.662. The molecule has 120 valence electrons. The van der Waals surface area contributed by atoms with Crippen LogP contribution in [-0.4, -0.2) is 33.8 Å². The molecule has 5 nitrogen and oxygen atoms in total. The monoisotopic (exact) mass is 323 g/mol. The molecule has 0 aliphatic carbocycles. The van der Waals surface area contributed by atoms with Gasteiger partial charge in [-0.25, -0.2) is 21.9 Å². The highest BCUT2D eigenvalue weighted by Crippen LogP contribution is 2.21. The van der Waals surface area contributed by atoms with E-state index in [1.165, 1.54) is 0 Å². The van der Waals surface area contributed by atoms with Gasteiger partial charge in [0.25, 0.3) is 0 Å². The first-order valence-electron chi connectivity index (χ1n) is 6.50. The zero-order valence-corrected chi connectivity index (χ0v) is 12.5. The summed E-state index contributed by atoms with van der Waals surface area (Å²) >= 11 is 0. The summed E-state index contributed by atoms with van der Waals surface area (Å²) < 4.78 is 58.1. The normalized spacial score (nSPS) is 11.8. The second-order valence-corrected chi connectivity index (χ2v) is 6.18. The minimum Gasteiger partial charge on any atom is -0.391 e. The molecule has 1 rings (SSSR count). The maximum Gasteiger partial charge on any atom is 0.243 e. The Balaban J connectivity index is 2.71. The number of rotatable bonds is 9. The van der Waals surface area contributed by atoms with Crippen LogP contribution in [0.15, 0.2) is 17.0 Å². The van der Waals surface area contributed by atoms with Crippen LogP contribution in [0.1, 0.15) is 24.8 Å². The summed E-state index contributed by atoms with van der Waals surface area (Å²) in [5.41, 5.74) is -0.655. The van der Waals surface area contributed by atoms with Crippen molar-refractivity contribution >= 4 is 10.0 Å². The number of methoxy groups -OCH3 is 1. The van der Waals surface area contributed by atoms with Crippen molar-refractivity contribution < 1.29 is 27.0 Å². The first-order valence-corrected chi connectivity index (χ1v) is 7.98. The number of benzene rings is 1. The highest BCUT2D eigenvalue weighted by atomic mass is 32.2. The number of sulfonamides is 1. The molecule has 0 aliphatic rings. The van der Waals surface area contributed by atoms with Gasteiger partial charge < -0.3 is 9.84 Å². The van der Waals surface area contributed by atoms with Crippen LogP contribution in [0.2, 0.25) is 0 Å². The second kappa shape index (κ2) is 8.38. The zero-order chi connectivity index (χ0) is 15.9. The highest BCUT2D eigenvalue weighted by Gasteiger charge is 2.22. The lowest BCUT2D eigenvalue weighted by molar-refractivity contribution is 0.192. The molecule has 0 saturated heterocycles. The van der Waals surface area contributed by atoms with Crippen molar-refractivity contribution in [2.45, 2.75) is 30.8 Å². The van der Waals surface area contributed by atoms with Crippen LogP contribution in [0.25, 0.3) is 0 Å². The maximum absolute atomic E-state index is 13.9. The molecule has 21 heavy (non-hydrogen) atoms. The largest absolute Gasteiger partial charge is 0.391 e. The third-order valence-corrected chi connectivity index (χ3v) is 4.39. The summed E-state index contributed by atoms with van der Waals surface area (Å²) in [6.07, 6.45) is 2.15. The van der Waals surface area contributed by atoms with Gasteiger partial charge in [-0.15, -0.1) is 0 Å². The van der Waals surface area contributed by atoms with Crippen LogP contribution in [0.3, 0.4) is 0 Å². The highest BCUT2D eigenvalue weighted by molar-refractivity contribution is 7.89. The van der Waals surface area contributed by atoms with Crippen LogP contribution in [-0.2, 0) is 21.4 Å². The van der Waals surface area contributed by atoms with E-state index in [0.717, 1.165) is 25.0 Å². The summed E-state index contributed by atoms with van der Waals surface area (Å²) in [6, 6.07) is 1.67. The summed E-state index contributed by atoms with van der Waals surface area (Å²) in [5.74, 6) is -2.24. The van der Waals surface area contributed by atoms with Gasteiger partial charge in [0.1, 0.15) is 10.7 Å². The first-order chi connectivity index (χ1) is 9.94. The lowest BCUT2D eigenvalue weighted by atomic mass is 10.2. The van der Waals surface area contributed by atoms with E-state index in [4.69, 9.17) is 9.84 Å². The molecule has 0 bridgehead atoms. The Morgan fingerprint density at radius 1 is 1.24 bits per heavy atom. The van der Waals surface area contributed by atoms with Crippen LogP contribution < -0.4 is 4.72 Å². The molecule has 8 heteroatoms. The van der Waals surface area contributed by atoms with Crippen molar-refractivity contribution in [1.82, 2.24) is 4.72 Å². The quantitative estimate of drug-likeness (QED) is 0.676. The van der Waals surface area contributed by atoms with E-state index in [-0.39, 0.29) is 6.54 Å². The van der Waals surface area contributed by atoms with E-state index >= 15 is 0 Å². The number of hydrogen-bond acceptors (Lipinski definition) is 4. The third-order valence-electron chi connectivity index (χ3n) is 2.92. The average Bonchev–Trinajstić information content (AvgIpc) is 2.43. The van der Waals surface area contributed by atoms with Crippen LogP contribution in [0.5, 0.6) is 0 Å². The Bertz CT molecular complexity index is 564. The van der Waals surface area contributed by atoms with Crippen molar-refractivity contribution in [3.8, 4) is 0 Å². The molecule has 0 atom stereocenters. The summed E-state index contributed by atoms with van der Waals surface area (Å²) in [7, 11) is -2.48. The molecule has 0 unspecified atom stereocenters. The Labute approximate surface area is 123 Å². The number of halogens is 2. The molecular weight excluding hydrogens is 304 g/mol. The molecule has 0 heterocycles. The number of aliphatic hydroxyl groups is 1. The van der Waals surface area contributed by atoms with E-state index in [9.17, 15) is 17.2 Å². The molecule has 0 aromatic heterocycles. The molecule has 2 N–H and O–H groups in total. The minimum absolute atomic E-state index is 0.150. The van der Waals surface area contributed by atoms with E-state index < -0.39 is 38.7 Å². The predicted molar refractivity (Wildman–Crippen MR) is 73.2 cm³/mol. The molecular formula is C13H19F2NO4S. The topological polar surface area (TPSA) is 75.6 Å². The number of aliphatic hydroxyl groups excluding tert-OH is 1. The van der Waals surface area contributed by atoms with Crippen molar-refractivity contribution in [2.24, 2.45) is 0 Å². The Kier molecular flexibility index (Phi) is 7.16. The SMILES string of the molecule is COCCCCCNS(=O)(=O)c1ccc(F)c(CO)c1F. The molecule has 0 fully saturated rings. The lowest BCUT2D eigenvalue weighted by Gasteiger charge is -2.10. The van der Waals surface area contributed by atoms with Gasteiger partial charge in [-0.2, -0.15) is 0 Å². The number of ether oxygens (including phenoxy) is 1. The van der Waals surface area contributed by atoms with Gasteiger partial charge in [0.15, 0.2) is 5.82 Å². The fourth-order valence-corrected chi connectivity index (χ4v) is 2.94. The number of unbranched alkanes of at least 4 members (excludes halogenated alkanes) is 2. The van der Waals surface area contributed by atoms with Gasteiger partial charge in [-0.05, 0) is 31.4 Å². The average molecular weight is 323 g/mol. The summed E-state index contributed by atoms with van der Waals surface area (Å²) in [6.45, 7) is -0.158. The number of hydrogen-bond donors (Lipinski definition) is 2. The molecule has 1 aromatic rings. The van der Waals surface area contributed by atoms with Crippen LogP contribution >= 0.6 is 0 Å². The van der Waals surface area contributed by atoms with Crippen LogP contribution in [0.4, 0.5) is 8.78 Å². The van der Waals surface area contributed by atoms with Crippen molar-refractivity contribution in [1.29, 1.82) is 0 Å². The van der Waals surface area contributed by atoms with E-state index in [1.807, 2.05) is 0 Å². The molecule has 0 spiro atoms. The van der Waals surface area contributed by atoms with E-state index in [2.05, 4.69) is 4.72 Å². The lowest BCUT2D eigenvalue weighted by Crippen LogP contribution is -2.26. The van der Waals surface area contributed by atoms with Gasteiger partial charge in [0.05, 0.1) is 12.2 Å². The Hall–Kier alpha value is -1.09. The second-order valence-electron chi connectivity index (χ2n) is 4.45. The Morgan fingerprint density at radius 2 is 1.95 bits per heavy atom. The van der Waals surface area contributed by atoms with Gasteiger partial charge in [-0.3, -0.25) is 0 Å². The molecule has 0 saturated carbocycles. The van der Waals surface area contributed by atoms with Gasteiger partial charge in [-0.1, -0.05) is 0 Å². The Morgan fingerprint density at radius 3 is 2.57 bits per heavy atom. The molecule has 1 aromatic carbocycles. The fraction of sp³-hybridized carbons (Fsp3) is 0.538. The van der Waals surface area contributed by atoms with Crippen molar-refractivity contribution in [3.05, 3.63) is 29.3 Å². The molecule has 0 amide bonds. The third kappa shape index (κ3) is 4.99. The number of nitrogens with one attached hydrogen (secondary N) is 1. The molecule has 0 radical (unpaired) electrons. The van der Waals surface area contributed by atoms with Crippen molar-refractivity contribution in [3.63, 3.8) is 0 Å². The smallest absolute Gasteiger partial charge is 0.243 e. The molecule has 0 aliphatic heterocycles. The van der Waals surface area contributed by atoms with Crippen molar-refractivity contribution in [2.75, 3.05) is 20.3 Å². The standard InChI is InChI=1S/C13H19F2NO4S/c1-20-8-4-2-3-7-16-21(18,19)12-6-5-11(14)10(9-17)13(12)15/h5-6,16-17H,2-4,7-9H2,1H3. The fourth-order valence-electron chi connectivity index (χ4n) is 1.76. The zero-order valence-electron chi connectivity index (χ0n) is 11.7. The van der Waals surface area contributed by atoms with Gasteiger partial charge in [0.2, 0.25) is 10.0 Å². The van der Waals surface area contributed by atoms with Crippen LogP contribution in [0, 0.1) is 11.6 Å². The van der Waals surface area contributed by atoms with E-state index in [0.29, 0.717) is 13.0 Å². The maximum atomic E-state index is 13.9. The van der Waals surface area contributed by atoms with Gasteiger partial charge in [0, 0.05) is 20.3 Å². The first kappa shape index (κ1) is 18.0. The predicted octanol–water partition coefficient (Wildman–Crippen LogP) is 1.55. The van der Waals surface area contributed by atoms with E-state index in [1.54, 1.807) is 7.11 Å². The summed E-state index contributed by atoms with van der Waals surface area (Å²) in [5, 5.41) is 8.88. The minimum atomic E-state index is -4.07. The van der Waals surface area contributed by atoms with Gasteiger partial charge >= 0.3 is 0 Å².